The Hall–Kier alpha value is -0.670. The van der Waals surface area contributed by atoms with Crippen LogP contribution in [0.5, 0.6) is 0 Å². The van der Waals surface area contributed by atoms with Gasteiger partial charge >= 0.3 is 0 Å². The molecule has 13 heavy (non-hydrogen) atoms. The van der Waals surface area contributed by atoms with Gasteiger partial charge in [-0.3, -0.25) is 0 Å². The minimum Gasteiger partial charge on any atom is -0.388 e. The zero-order valence-electron chi connectivity index (χ0n) is 7.00. The molecule has 0 saturated carbocycles. The van der Waals surface area contributed by atoms with E-state index in [9.17, 15) is 9.50 Å². The molecule has 0 fully saturated rings. The van der Waals surface area contributed by atoms with Crippen molar-refractivity contribution in [1.82, 2.24) is 0 Å². The second-order valence-corrected chi connectivity index (χ2v) is 3.54. The van der Waals surface area contributed by atoms with Gasteiger partial charge in [-0.05, 0) is 28.4 Å². The van der Waals surface area contributed by atoms with Crippen molar-refractivity contribution in [3.05, 3.63) is 46.7 Å². The molecule has 1 atom stereocenters. The van der Waals surface area contributed by atoms with Crippen molar-refractivity contribution in [3.63, 3.8) is 0 Å². The van der Waals surface area contributed by atoms with Crippen molar-refractivity contribution in [2.75, 3.05) is 0 Å². The molecular formula is C10H10BrFO. The Morgan fingerprint density at radius 1 is 1.62 bits per heavy atom. The molecule has 0 amide bonds. The lowest BCUT2D eigenvalue weighted by molar-refractivity contribution is 0.176. The maximum Gasteiger partial charge on any atom is 0.143 e. The average molecular weight is 245 g/mol. The second kappa shape index (κ2) is 4.53. The molecule has 1 rings (SSSR count). The monoisotopic (exact) mass is 244 g/mol. The molecule has 0 spiro atoms. The van der Waals surface area contributed by atoms with Crippen LogP contribution in [0.2, 0.25) is 0 Å². The van der Waals surface area contributed by atoms with Crippen molar-refractivity contribution < 1.29 is 9.50 Å². The molecule has 0 heterocycles. The van der Waals surface area contributed by atoms with E-state index >= 15 is 0 Å². The number of benzene rings is 1. The van der Waals surface area contributed by atoms with Crippen LogP contribution in [0.1, 0.15) is 18.1 Å². The summed E-state index contributed by atoms with van der Waals surface area (Å²) in [5.74, 6) is -0.406. The number of halogens is 2. The zero-order chi connectivity index (χ0) is 9.84. The Morgan fingerprint density at radius 2 is 2.31 bits per heavy atom. The maximum atomic E-state index is 13.3. The molecule has 0 aliphatic carbocycles. The Balaban J connectivity index is 3.00. The summed E-state index contributed by atoms with van der Waals surface area (Å²) >= 11 is 3.05. The van der Waals surface area contributed by atoms with Crippen LogP contribution in [0.25, 0.3) is 0 Å². The molecule has 0 saturated heterocycles. The van der Waals surface area contributed by atoms with Crippen molar-refractivity contribution >= 4 is 15.9 Å². The summed E-state index contributed by atoms with van der Waals surface area (Å²) in [4.78, 5) is 0. The van der Waals surface area contributed by atoms with Gasteiger partial charge in [0, 0.05) is 5.56 Å². The summed E-state index contributed by atoms with van der Waals surface area (Å²) in [6.07, 6.45) is 1.10. The second-order valence-electron chi connectivity index (χ2n) is 2.68. The van der Waals surface area contributed by atoms with Gasteiger partial charge in [-0.2, -0.15) is 0 Å². The van der Waals surface area contributed by atoms with Gasteiger partial charge in [0.05, 0.1) is 10.6 Å². The quantitative estimate of drug-likeness (QED) is 0.810. The van der Waals surface area contributed by atoms with Gasteiger partial charge in [-0.15, -0.1) is 6.58 Å². The van der Waals surface area contributed by atoms with E-state index in [0.29, 0.717) is 16.5 Å². The first-order chi connectivity index (χ1) is 6.16. The van der Waals surface area contributed by atoms with E-state index in [-0.39, 0.29) is 0 Å². The number of rotatable bonds is 3. The van der Waals surface area contributed by atoms with Gasteiger partial charge in [0.2, 0.25) is 0 Å². The highest BCUT2D eigenvalue weighted by Crippen LogP contribution is 2.25. The molecule has 0 radical (unpaired) electrons. The third-order valence-corrected chi connectivity index (χ3v) is 2.34. The van der Waals surface area contributed by atoms with Crippen LogP contribution >= 0.6 is 15.9 Å². The molecule has 0 aliphatic rings. The molecule has 0 aromatic heterocycles. The van der Waals surface area contributed by atoms with E-state index in [4.69, 9.17) is 0 Å². The number of aliphatic hydroxyl groups excluding tert-OH is 1. The Bertz CT molecular complexity index is 312. The SMILES string of the molecule is C=CCC(O)c1cccc(Br)c1F. The fourth-order valence-corrected chi connectivity index (χ4v) is 1.44. The van der Waals surface area contributed by atoms with Crippen molar-refractivity contribution in [1.29, 1.82) is 0 Å². The number of hydrogen-bond acceptors (Lipinski definition) is 1. The van der Waals surface area contributed by atoms with Crippen LogP contribution < -0.4 is 0 Å². The van der Waals surface area contributed by atoms with Crippen molar-refractivity contribution in [2.24, 2.45) is 0 Å². The van der Waals surface area contributed by atoms with Crippen LogP contribution in [-0.4, -0.2) is 5.11 Å². The van der Waals surface area contributed by atoms with Crippen molar-refractivity contribution in [3.8, 4) is 0 Å². The number of aliphatic hydroxyl groups is 1. The van der Waals surface area contributed by atoms with Crippen LogP contribution in [0.15, 0.2) is 35.3 Å². The highest BCUT2D eigenvalue weighted by atomic mass is 79.9. The zero-order valence-corrected chi connectivity index (χ0v) is 8.59. The first kappa shape index (κ1) is 10.4. The lowest BCUT2D eigenvalue weighted by Gasteiger charge is -2.09. The summed E-state index contributed by atoms with van der Waals surface area (Å²) in [7, 11) is 0. The maximum absolute atomic E-state index is 13.3. The predicted molar refractivity (Wildman–Crippen MR) is 53.9 cm³/mol. The van der Waals surface area contributed by atoms with E-state index in [1.807, 2.05) is 0 Å². The van der Waals surface area contributed by atoms with E-state index in [0.717, 1.165) is 0 Å². The van der Waals surface area contributed by atoms with E-state index in [2.05, 4.69) is 22.5 Å². The minimum absolute atomic E-state index is 0.300. The smallest absolute Gasteiger partial charge is 0.143 e. The van der Waals surface area contributed by atoms with Crippen LogP contribution in [0.3, 0.4) is 0 Å². The average Bonchev–Trinajstić information content (AvgIpc) is 2.10. The first-order valence-electron chi connectivity index (χ1n) is 3.89. The highest BCUT2D eigenvalue weighted by molar-refractivity contribution is 9.10. The molecule has 1 nitrogen and oxygen atoms in total. The summed E-state index contributed by atoms with van der Waals surface area (Å²) in [5, 5.41) is 9.49. The van der Waals surface area contributed by atoms with E-state index in [1.54, 1.807) is 24.3 Å². The lowest BCUT2D eigenvalue weighted by atomic mass is 10.1. The number of hydrogen-bond donors (Lipinski definition) is 1. The summed E-state index contributed by atoms with van der Waals surface area (Å²) in [5.41, 5.74) is 0.300. The third-order valence-electron chi connectivity index (χ3n) is 1.73. The summed E-state index contributed by atoms with van der Waals surface area (Å²) in [6, 6.07) is 4.85. The Morgan fingerprint density at radius 3 is 2.92 bits per heavy atom. The molecule has 1 unspecified atom stereocenters. The van der Waals surface area contributed by atoms with E-state index < -0.39 is 11.9 Å². The van der Waals surface area contributed by atoms with Gasteiger partial charge in [0.1, 0.15) is 5.82 Å². The minimum atomic E-state index is -0.810. The molecule has 0 bridgehead atoms. The normalized spacial score (nSPS) is 12.5. The molecular weight excluding hydrogens is 235 g/mol. The van der Waals surface area contributed by atoms with Crippen LogP contribution in [0.4, 0.5) is 4.39 Å². The third kappa shape index (κ3) is 2.39. The summed E-state index contributed by atoms with van der Waals surface area (Å²) in [6.45, 7) is 3.48. The first-order valence-corrected chi connectivity index (χ1v) is 4.69. The fourth-order valence-electron chi connectivity index (χ4n) is 1.06. The molecule has 1 aromatic rings. The summed E-state index contributed by atoms with van der Waals surface area (Å²) < 4.78 is 13.7. The Kier molecular flexibility index (Phi) is 3.63. The van der Waals surface area contributed by atoms with E-state index in [1.165, 1.54) is 0 Å². The molecule has 1 N–H and O–H groups in total. The fraction of sp³-hybridized carbons (Fsp3) is 0.200. The molecule has 0 aliphatic heterocycles. The molecule has 3 heteroatoms. The van der Waals surface area contributed by atoms with Gasteiger partial charge in [0.25, 0.3) is 0 Å². The van der Waals surface area contributed by atoms with Crippen LogP contribution in [-0.2, 0) is 0 Å². The van der Waals surface area contributed by atoms with Crippen LogP contribution in [0, 0.1) is 5.82 Å². The molecule has 1 aromatic carbocycles. The van der Waals surface area contributed by atoms with Gasteiger partial charge in [-0.25, -0.2) is 4.39 Å². The topological polar surface area (TPSA) is 20.2 Å². The standard InChI is InChI=1S/C10H10BrFO/c1-2-4-9(13)7-5-3-6-8(11)10(7)12/h2-3,5-6,9,13H,1,4H2. The Labute approximate surface area is 85.0 Å². The van der Waals surface area contributed by atoms with Gasteiger partial charge in [-0.1, -0.05) is 18.2 Å². The predicted octanol–water partition coefficient (Wildman–Crippen LogP) is 3.20. The van der Waals surface area contributed by atoms with Crippen molar-refractivity contribution in [2.45, 2.75) is 12.5 Å². The highest BCUT2D eigenvalue weighted by Gasteiger charge is 2.12. The largest absolute Gasteiger partial charge is 0.388 e. The lowest BCUT2D eigenvalue weighted by Crippen LogP contribution is -1.99. The van der Waals surface area contributed by atoms with Gasteiger partial charge < -0.3 is 5.11 Å². The van der Waals surface area contributed by atoms with Gasteiger partial charge in [0.15, 0.2) is 0 Å². The molecule has 70 valence electrons.